The van der Waals surface area contributed by atoms with Crippen molar-refractivity contribution in [3.63, 3.8) is 0 Å². The number of carbonyl (C=O) groups is 2. The van der Waals surface area contributed by atoms with E-state index in [0.717, 1.165) is 11.1 Å². The Hall–Kier alpha value is -3.62. The summed E-state index contributed by atoms with van der Waals surface area (Å²) < 4.78 is 22.7. The van der Waals surface area contributed by atoms with E-state index in [1.165, 1.54) is 0 Å². The first kappa shape index (κ1) is 21.6. The maximum Gasteiger partial charge on any atom is 0.319 e. The Morgan fingerprint density at radius 3 is 2.69 bits per heavy atom. The molecule has 0 fully saturated rings. The van der Waals surface area contributed by atoms with Gasteiger partial charge in [0, 0.05) is 40.4 Å². The van der Waals surface area contributed by atoms with Crippen LogP contribution in [-0.2, 0) is 11.4 Å². The number of urea groups is 1. The van der Waals surface area contributed by atoms with Crippen molar-refractivity contribution in [2.24, 2.45) is 0 Å². The molecule has 2 aromatic carbocycles. The number of fused-ring (bicyclic) bond motifs is 2. The van der Waals surface area contributed by atoms with Crippen LogP contribution < -0.4 is 29.6 Å². The van der Waals surface area contributed by atoms with Crippen molar-refractivity contribution in [1.82, 2.24) is 5.32 Å². The van der Waals surface area contributed by atoms with E-state index in [1.807, 2.05) is 26.8 Å². The lowest BCUT2D eigenvalue weighted by Crippen LogP contribution is -2.43. The van der Waals surface area contributed by atoms with Crippen LogP contribution in [0.4, 0.5) is 10.5 Å². The molecule has 2 amide bonds. The minimum absolute atomic E-state index is 0.0270. The predicted octanol–water partition coefficient (Wildman–Crippen LogP) is 3.87. The summed E-state index contributed by atoms with van der Waals surface area (Å²) in [5.41, 5.74) is 1.78. The lowest BCUT2D eigenvalue weighted by atomic mass is 9.98. The first-order valence-electron chi connectivity index (χ1n) is 10.3. The van der Waals surface area contributed by atoms with Crippen LogP contribution in [0.25, 0.3) is 0 Å². The number of carboxylic acids is 1. The minimum atomic E-state index is -0.854. The molecular weight excluding hydrogens is 416 g/mol. The molecule has 0 saturated carbocycles. The van der Waals surface area contributed by atoms with Gasteiger partial charge in [-0.05, 0) is 32.9 Å². The number of benzene rings is 2. The van der Waals surface area contributed by atoms with E-state index < -0.39 is 5.97 Å². The van der Waals surface area contributed by atoms with E-state index in [1.54, 1.807) is 24.3 Å². The van der Waals surface area contributed by atoms with Crippen LogP contribution in [0.5, 0.6) is 23.0 Å². The standard InChI is InChI=1S/C23H26N2O7/c1-23(2,3)25-22(28)24-15-6-14(21-19(8-15)31-12-32-21)11-29-16-4-5-17-13(7-20(26)27)10-30-18(17)9-16/h4-6,8-9,13H,7,10-12H2,1-3H3,(H,26,27)(H2,24,25,28)/t13-/m1/s1. The zero-order valence-electron chi connectivity index (χ0n) is 18.2. The Morgan fingerprint density at radius 1 is 1.12 bits per heavy atom. The van der Waals surface area contributed by atoms with Crippen LogP contribution in [0.2, 0.25) is 0 Å². The number of hydrogen-bond acceptors (Lipinski definition) is 6. The van der Waals surface area contributed by atoms with Gasteiger partial charge in [0.1, 0.15) is 18.1 Å². The normalized spacial score (nSPS) is 16.2. The third kappa shape index (κ3) is 4.99. The van der Waals surface area contributed by atoms with Crippen molar-refractivity contribution in [3.05, 3.63) is 41.5 Å². The van der Waals surface area contributed by atoms with Gasteiger partial charge in [-0.1, -0.05) is 6.07 Å². The molecule has 0 aromatic heterocycles. The summed E-state index contributed by atoms with van der Waals surface area (Å²) in [4.78, 5) is 23.3. The molecule has 9 nitrogen and oxygen atoms in total. The van der Waals surface area contributed by atoms with Crippen molar-refractivity contribution in [2.45, 2.75) is 45.3 Å². The molecule has 3 N–H and O–H groups in total. The number of carbonyl (C=O) groups excluding carboxylic acids is 1. The average Bonchev–Trinajstić information content (AvgIpc) is 3.31. The average molecular weight is 442 g/mol. The molecule has 170 valence electrons. The number of aliphatic carboxylic acids is 1. The predicted molar refractivity (Wildman–Crippen MR) is 116 cm³/mol. The monoisotopic (exact) mass is 442 g/mol. The Bertz CT molecular complexity index is 1050. The fourth-order valence-electron chi connectivity index (χ4n) is 3.65. The number of hydrogen-bond donors (Lipinski definition) is 3. The molecule has 4 rings (SSSR count). The first-order valence-corrected chi connectivity index (χ1v) is 10.3. The lowest BCUT2D eigenvalue weighted by Gasteiger charge is -2.21. The number of ether oxygens (including phenoxy) is 4. The summed E-state index contributed by atoms with van der Waals surface area (Å²) in [5.74, 6) is 1.31. The van der Waals surface area contributed by atoms with E-state index in [9.17, 15) is 9.59 Å². The van der Waals surface area contributed by atoms with Crippen LogP contribution in [0, 0.1) is 0 Å². The third-order valence-corrected chi connectivity index (χ3v) is 4.98. The van der Waals surface area contributed by atoms with Gasteiger partial charge in [0.05, 0.1) is 13.0 Å². The summed E-state index contributed by atoms with van der Waals surface area (Å²) in [5, 5.41) is 14.7. The molecule has 0 aliphatic carbocycles. The molecule has 2 aliphatic rings. The van der Waals surface area contributed by atoms with Gasteiger partial charge in [-0.25, -0.2) is 4.79 Å². The Balaban J connectivity index is 1.47. The van der Waals surface area contributed by atoms with Gasteiger partial charge < -0.3 is 34.7 Å². The smallest absolute Gasteiger partial charge is 0.319 e. The fourth-order valence-corrected chi connectivity index (χ4v) is 3.65. The molecular formula is C23H26N2O7. The molecule has 32 heavy (non-hydrogen) atoms. The Labute approximate surface area is 185 Å². The molecule has 0 radical (unpaired) electrons. The van der Waals surface area contributed by atoms with Gasteiger partial charge in [-0.3, -0.25) is 4.79 Å². The van der Waals surface area contributed by atoms with Crippen molar-refractivity contribution in [3.8, 4) is 23.0 Å². The number of rotatable bonds is 6. The quantitative estimate of drug-likeness (QED) is 0.622. The van der Waals surface area contributed by atoms with Crippen LogP contribution in [-0.4, -0.2) is 36.0 Å². The van der Waals surface area contributed by atoms with E-state index in [0.29, 0.717) is 35.3 Å². The molecule has 1 atom stereocenters. The summed E-state index contributed by atoms with van der Waals surface area (Å²) in [6.45, 7) is 6.31. The largest absolute Gasteiger partial charge is 0.492 e. The molecule has 2 heterocycles. The molecule has 2 aliphatic heterocycles. The van der Waals surface area contributed by atoms with Crippen molar-refractivity contribution >= 4 is 17.7 Å². The van der Waals surface area contributed by atoms with Gasteiger partial charge in [0.25, 0.3) is 0 Å². The van der Waals surface area contributed by atoms with Gasteiger partial charge >= 0.3 is 12.0 Å². The molecule has 0 unspecified atom stereocenters. The van der Waals surface area contributed by atoms with Crippen LogP contribution in [0.1, 0.15) is 44.2 Å². The summed E-state index contributed by atoms with van der Waals surface area (Å²) in [6.07, 6.45) is 0.0270. The Morgan fingerprint density at radius 2 is 1.94 bits per heavy atom. The first-order chi connectivity index (χ1) is 15.2. The highest BCUT2D eigenvalue weighted by atomic mass is 16.7. The van der Waals surface area contributed by atoms with Gasteiger partial charge in [-0.2, -0.15) is 0 Å². The summed E-state index contributed by atoms with van der Waals surface area (Å²) in [6, 6.07) is 8.55. The van der Waals surface area contributed by atoms with Crippen LogP contribution in [0.15, 0.2) is 30.3 Å². The van der Waals surface area contributed by atoms with E-state index >= 15 is 0 Å². The third-order valence-electron chi connectivity index (χ3n) is 4.98. The van der Waals surface area contributed by atoms with E-state index in [2.05, 4.69) is 10.6 Å². The van der Waals surface area contributed by atoms with E-state index in [4.69, 9.17) is 24.1 Å². The fraction of sp³-hybridized carbons (Fsp3) is 0.391. The maximum absolute atomic E-state index is 12.2. The van der Waals surface area contributed by atoms with E-state index in [-0.39, 0.29) is 37.3 Å². The highest BCUT2D eigenvalue weighted by Crippen LogP contribution is 2.41. The summed E-state index contributed by atoms with van der Waals surface area (Å²) >= 11 is 0. The highest BCUT2D eigenvalue weighted by Gasteiger charge is 2.27. The van der Waals surface area contributed by atoms with Crippen molar-refractivity contribution in [2.75, 3.05) is 18.7 Å². The van der Waals surface area contributed by atoms with Crippen LogP contribution >= 0.6 is 0 Å². The lowest BCUT2D eigenvalue weighted by molar-refractivity contribution is -0.137. The second-order valence-corrected chi connectivity index (χ2v) is 8.79. The minimum Gasteiger partial charge on any atom is -0.492 e. The zero-order chi connectivity index (χ0) is 22.9. The molecule has 0 bridgehead atoms. The number of anilines is 1. The molecule has 0 saturated heterocycles. The van der Waals surface area contributed by atoms with Crippen LogP contribution in [0.3, 0.4) is 0 Å². The molecule has 0 spiro atoms. The topological polar surface area (TPSA) is 115 Å². The SMILES string of the molecule is CC(C)(C)NC(=O)Nc1cc(COc2ccc3c(c2)OC[C@H]3CC(=O)O)c2c(c1)OCO2. The second-order valence-electron chi connectivity index (χ2n) is 8.79. The summed E-state index contributed by atoms with van der Waals surface area (Å²) in [7, 11) is 0. The van der Waals surface area contributed by atoms with Gasteiger partial charge in [0.2, 0.25) is 6.79 Å². The second kappa shape index (κ2) is 8.49. The number of amides is 2. The number of nitrogens with one attached hydrogen (secondary N) is 2. The highest BCUT2D eigenvalue weighted by molar-refractivity contribution is 5.90. The zero-order valence-corrected chi connectivity index (χ0v) is 18.2. The molecule has 9 heteroatoms. The van der Waals surface area contributed by atoms with Gasteiger partial charge in [-0.15, -0.1) is 0 Å². The Kier molecular flexibility index (Phi) is 5.73. The van der Waals surface area contributed by atoms with Gasteiger partial charge in [0.15, 0.2) is 11.5 Å². The van der Waals surface area contributed by atoms with Crippen molar-refractivity contribution < 1.29 is 33.6 Å². The molecule has 2 aromatic rings. The number of carboxylic acid groups (broad SMARTS) is 1. The van der Waals surface area contributed by atoms with Crippen molar-refractivity contribution in [1.29, 1.82) is 0 Å². The maximum atomic E-state index is 12.2.